The summed E-state index contributed by atoms with van der Waals surface area (Å²) in [6, 6.07) is 6.04. The van der Waals surface area contributed by atoms with Gasteiger partial charge in [-0.15, -0.1) is 0 Å². The van der Waals surface area contributed by atoms with Crippen LogP contribution in [0.3, 0.4) is 0 Å². The maximum absolute atomic E-state index is 13.2. The molecule has 2 amide bonds. The fourth-order valence-electron chi connectivity index (χ4n) is 3.58. The second kappa shape index (κ2) is 9.17. The van der Waals surface area contributed by atoms with Crippen molar-refractivity contribution >= 4 is 11.8 Å². The van der Waals surface area contributed by atoms with Crippen LogP contribution < -0.4 is 5.32 Å². The average Bonchev–Trinajstić information content (AvgIpc) is 3.01. The van der Waals surface area contributed by atoms with E-state index in [0.29, 0.717) is 56.2 Å². The Hall–Kier alpha value is -2.74. The van der Waals surface area contributed by atoms with Crippen LogP contribution >= 0.6 is 0 Å². The van der Waals surface area contributed by atoms with E-state index in [1.165, 1.54) is 12.1 Å². The SMILES string of the molecule is CCCNC(=O)CN1CCN(C(=O)c2c(C)nn(-c3ccc(F)cc3)c2C)CC1. The standard InChI is InChI=1S/C21H28FN5O2/c1-4-9-23-19(28)14-25-10-12-26(13-11-25)21(29)20-15(2)24-27(16(20)3)18-7-5-17(22)6-8-18/h5-8H,4,9-14H2,1-3H3,(H,23,28). The molecule has 0 aliphatic carbocycles. The number of halogens is 1. The van der Waals surface area contributed by atoms with Crippen molar-refractivity contribution in [3.8, 4) is 5.69 Å². The van der Waals surface area contributed by atoms with Crippen molar-refractivity contribution in [2.75, 3.05) is 39.3 Å². The summed E-state index contributed by atoms with van der Waals surface area (Å²) in [5, 5.41) is 7.37. The molecule has 2 aromatic rings. The number of carbonyl (C=O) groups excluding carboxylic acids is 2. The molecule has 0 unspecified atom stereocenters. The zero-order valence-corrected chi connectivity index (χ0v) is 17.2. The highest BCUT2D eigenvalue weighted by Crippen LogP contribution is 2.20. The number of amides is 2. The zero-order chi connectivity index (χ0) is 21.0. The Balaban J connectivity index is 1.66. The summed E-state index contributed by atoms with van der Waals surface area (Å²) in [5.74, 6) is -0.338. The Bertz CT molecular complexity index is 870. The molecule has 1 N–H and O–H groups in total. The van der Waals surface area contributed by atoms with E-state index >= 15 is 0 Å². The number of hydrogen-bond acceptors (Lipinski definition) is 4. The maximum atomic E-state index is 13.2. The zero-order valence-electron chi connectivity index (χ0n) is 17.2. The molecular weight excluding hydrogens is 373 g/mol. The van der Waals surface area contributed by atoms with Crippen LogP contribution in [0.1, 0.15) is 35.1 Å². The van der Waals surface area contributed by atoms with E-state index in [0.717, 1.165) is 12.1 Å². The van der Waals surface area contributed by atoms with Crippen LogP contribution in [0.5, 0.6) is 0 Å². The van der Waals surface area contributed by atoms with Gasteiger partial charge >= 0.3 is 0 Å². The minimum atomic E-state index is -0.312. The molecule has 7 nitrogen and oxygen atoms in total. The third kappa shape index (κ3) is 4.82. The summed E-state index contributed by atoms with van der Waals surface area (Å²) in [7, 11) is 0. The molecule has 1 aliphatic heterocycles. The summed E-state index contributed by atoms with van der Waals surface area (Å²) in [4.78, 5) is 28.9. The summed E-state index contributed by atoms with van der Waals surface area (Å²) < 4.78 is 14.9. The van der Waals surface area contributed by atoms with E-state index in [4.69, 9.17) is 0 Å². The first-order chi connectivity index (χ1) is 13.9. The molecule has 8 heteroatoms. The van der Waals surface area contributed by atoms with Crippen LogP contribution in [0.25, 0.3) is 5.69 Å². The monoisotopic (exact) mass is 401 g/mol. The van der Waals surface area contributed by atoms with Gasteiger partial charge in [-0.05, 0) is 44.5 Å². The lowest BCUT2D eigenvalue weighted by Crippen LogP contribution is -2.51. The molecule has 1 saturated heterocycles. The number of nitrogens with one attached hydrogen (secondary N) is 1. The van der Waals surface area contributed by atoms with E-state index in [9.17, 15) is 14.0 Å². The first-order valence-electron chi connectivity index (χ1n) is 10.0. The number of nitrogens with zero attached hydrogens (tertiary/aromatic N) is 4. The largest absolute Gasteiger partial charge is 0.355 e. The number of aromatic nitrogens is 2. The minimum absolute atomic E-state index is 0.0267. The topological polar surface area (TPSA) is 70.5 Å². The Morgan fingerprint density at radius 1 is 1.10 bits per heavy atom. The lowest BCUT2D eigenvalue weighted by molar-refractivity contribution is -0.122. The van der Waals surface area contributed by atoms with E-state index in [-0.39, 0.29) is 17.6 Å². The van der Waals surface area contributed by atoms with Crippen LogP contribution in [0, 0.1) is 19.7 Å². The summed E-state index contributed by atoms with van der Waals surface area (Å²) in [5.41, 5.74) is 2.69. The fraction of sp³-hybridized carbons (Fsp3) is 0.476. The smallest absolute Gasteiger partial charge is 0.257 e. The molecule has 1 aliphatic rings. The van der Waals surface area contributed by atoms with Crippen molar-refractivity contribution in [3.05, 3.63) is 47.0 Å². The van der Waals surface area contributed by atoms with Crippen molar-refractivity contribution in [1.29, 1.82) is 0 Å². The number of hydrogen-bond donors (Lipinski definition) is 1. The van der Waals surface area contributed by atoms with Gasteiger partial charge in [0.05, 0.1) is 29.2 Å². The number of carbonyl (C=O) groups is 2. The summed E-state index contributed by atoms with van der Waals surface area (Å²) in [6.45, 7) is 9.20. The molecule has 0 bridgehead atoms. The quantitative estimate of drug-likeness (QED) is 0.803. The molecule has 0 radical (unpaired) electrons. The van der Waals surface area contributed by atoms with Gasteiger partial charge in [-0.1, -0.05) is 6.92 Å². The molecule has 1 aromatic carbocycles. The van der Waals surface area contributed by atoms with Crippen molar-refractivity contribution in [2.45, 2.75) is 27.2 Å². The lowest BCUT2D eigenvalue weighted by atomic mass is 10.1. The molecule has 1 fully saturated rings. The van der Waals surface area contributed by atoms with Crippen molar-refractivity contribution in [3.63, 3.8) is 0 Å². The highest BCUT2D eigenvalue weighted by molar-refractivity contribution is 5.96. The average molecular weight is 401 g/mol. The van der Waals surface area contributed by atoms with Gasteiger partial charge in [-0.2, -0.15) is 5.10 Å². The summed E-state index contributed by atoms with van der Waals surface area (Å²) in [6.07, 6.45) is 0.915. The Morgan fingerprint density at radius 3 is 2.38 bits per heavy atom. The molecule has 2 heterocycles. The highest BCUT2D eigenvalue weighted by Gasteiger charge is 2.27. The van der Waals surface area contributed by atoms with Crippen molar-refractivity contribution in [1.82, 2.24) is 24.9 Å². The normalized spacial score (nSPS) is 14.8. The number of piperazine rings is 1. The molecule has 0 atom stereocenters. The second-order valence-electron chi connectivity index (χ2n) is 7.35. The molecular formula is C21H28FN5O2. The van der Waals surface area contributed by atoms with E-state index in [2.05, 4.69) is 15.3 Å². The van der Waals surface area contributed by atoms with Gasteiger partial charge in [0, 0.05) is 32.7 Å². The molecule has 1 aromatic heterocycles. The molecule has 29 heavy (non-hydrogen) atoms. The van der Waals surface area contributed by atoms with Crippen LogP contribution in [-0.4, -0.2) is 70.7 Å². The molecule has 0 saturated carbocycles. The van der Waals surface area contributed by atoms with E-state index in [1.807, 2.05) is 25.7 Å². The lowest BCUT2D eigenvalue weighted by Gasteiger charge is -2.34. The minimum Gasteiger partial charge on any atom is -0.355 e. The van der Waals surface area contributed by atoms with E-state index < -0.39 is 0 Å². The van der Waals surface area contributed by atoms with Gasteiger partial charge < -0.3 is 10.2 Å². The van der Waals surface area contributed by atoms with Gasteiger partial charge in [-0.25, -0.2) is 9.07 Å². The molecule has 3 rings (SSSR count). The van der Waals surface area contributed by atoms with Crippen LogP contribution in [-0.2, 0) is 4.79 Å². The van der Waals surface area contributed by atoms with Gasteiger partial charge in [0.2, 0.25) is 5.91 Å². The van der Waals surface area contributed by atoms with Crippen molar-refractivity contribution < 1.29 is 14.0 Å². The predicted molar refractivity (Wildman–Crippen MR) is 109 cm³/mol. The Labute approximate surface area is 170 Å². The third-order valence-corrected chi connectivity index (χ3v) is 5.18. The van der Waals surface area contributed by atoms with Crippen molar-refractivity contribution in [2.24, 2.45) is 0 Å². The number of benzene rings is 1. The number of aryl methyl sites for hydroxylation is 1. The highest BCUT2D eigenvalue weighted by atomic mass is 19.1. The fourth-order valence-corrected chi connectivity index (χ4v) is 3.58. The van der Waals surface area contributed by atoms with Gasteiger partial charge in [-0.3, -0.25) is 14.5 Å². The molecule has 156 valence electrons. The second-order valence-corrected chi connectivity index (χ2v) is 7.35. The van der Waals surface area contributed by atoms with Gasteiger partial charge in [0.15, 0.2) is 0 Å². The maximum Gasteiger partial charge on any atom is 0.257 e. The van der Waals surface area contributed by atoms with Gasteiger partial charge in [0.1, 0.15) is 5.82 Å². The first kappa shape index (κ1) is 21.0. The Morgan fingerprint density at radius 2 is 1.76 bits per heavy atom. The molecule has 0 spiro atoms. The van der Waals surface area contributed by atoms with Crippen LogP contribution in [0.2, 0.25) is 0 Å². The summed E-state index contributed by atoms with van der Waals surface area (Å²) >= 11 is 0. The van der Waals surface area contributed by atoms with E-state index in [1.54, 1.807) is 16.8 Å². The van der Waals surface area contributed by atoms with Gasteiger partial charge in [0.25, 0.3) is 5.91 Å². The van der Waals surface area contributed by atoms with Crippen LogP contribution in [0.4, 0.5) is 4.39 Å². The Kier molecular flexibility index (Phi) is 6.64. The predicted octanol–water partition coefficient (Wildman–Crippen LogP) is 1.91. The number of rotatable bonds is 6. The third-order valence-electron chi connectivity index (χ3n) is 5.18. The first-order valence-corrected chi connectivity index (χ1v) is 10.0. The van der Waals surface area contributed by atoms with Crippen LogP contribution in [0.15, 0.2) is 24.3 Å².